The van der Waals surface area contributed by atoms with E-state index in [-0.39, 0.29) is 11.7 Å². The number of rotatable bonds is 1. The molecule has 0 aromatic heterocycles. The van der Waals surface area contributed by atoms with E-state index in [1.807, 2.05) is 6.08 Å². The van der Waals surface area contributed by atoms with E-state index >= 15 is 0 Å². The molecule has 0 spiro atoms. The summed E-state index contributed by atoms with van der Waals surface area (Å²) in [5.74, 6) is 0.203. The first kappa shape index (κ1) is 7.86. The average Bonchev–Trinajstić information content (AvgIpc) is 2.53. The van der Waals surface area contributed by atoms with Crippen LogP contribution in [0.5, 0.6) is 5.75 Å². The molecule has 66 valence electrons. The predicted molar refractivity (Wildman–Crippen MR) is 49.6 cm³/mol. The molecule has 1 aliphatic rings. The van der Waals surface area contributed by atoms with Crippen LogP contribution in [0.3, 0.4) is 0 Å². The molecule has 2 rings (SSSR count). The number of nitrogens with zero attached hydrogens (tertiary/aromatic N) is 1. The van der Waals surface area contributed by atoms with Gasteiger partial charge in [0.15, 0.2) is 0 Å². The molecule has 1 N–H and O–H groups in total. The lowest BCUT2D eigenvalue weighted by molar-refractivity contribution is -0.113. The van der Waals surface area contributed by atoms with Crippen LogP contribution in [0.4, 0.5) is 5.69 Å². The Morgan fingerprint density at radius 3 is 2.46 bits per heavy atom. The van der Waals surface area contributed by atoms with Crippen molar-refractivity contribution in [3.8, 4) is 5.75 Å². The quantitative estimate of drug-likeness (QED) is 0.698. The van der Waals surface area contributed by atoms with Crippen LogP contribution >= 0.6 is 0 Å². The van der Waals surface area contributed by atoms with E-state index < -0.39 is 0 Å². The van der Waals surface area contributed by atoms with Crippen molar-refractivity contribution in [1.82, 2.24) is 0 Å². The van der Waals surface area contributed by atoms with Crippen LogP contribution in [0.2, 0.25) is 0 Å². The second kappa shape index (κ2) is 2.94. The molecule has 0 aliphatic carbocycles. The van der Waals surface area contributed by atoms with E-state index in [0.29, 0.717) is 6.54 Å². The summed E-state index contributed by atoms with van der Waals surface area (Å²) in [5, 5.41) is 9.05. The van der Waals surface area contributed by atoms with Gasteiger partial charge in [-0.1, -0.05) is 6.08 Å². The number of hydrogen-bond acceptors (Lipinski definition) is 2. The molecule has 0 unspecified atom stereocenters. The molecular formula is C10H9NO2. The maximum Gasteiger partial charge on any atom is 0.251 e. The topological polar surface area (TPSA) is 40.5 Å². The molecule has 0 radical (unpaired) electrons. The summed E-state index contributed by atoms with van der Waals surface area (Å²) in [6, 6.07) is 6.59. The van der Waals surface area contributed by atoms with Crippen LogP contribution in [0.25, 0.3) is 0 Å². The molecule has 1 aromatic carbocycles. The van der Waals surface area contributed by atoms with Crippen LogP contribution in [0, 0.1) is 0 Å². The Morgan fingerprint density at radius 1 is 1.23 bits per heavy atom. The first-order chi connectivity index (χ1) is 6.27. The molecule has 1 aliphatic heterocycles. The molecular weight excluding hydrogens is 166 g/mol. The van der Waals surface area contributed by atoms with E-state index in [2.05, 4.69) is 0 Å². The highest BCUT2D eigenvalue weighted by molar-refractivity contribution is 6.04. The normalized spacial score (nSPS) is 15.4. The molecule has 0 bridgehead atoms. The van der Waals surface area contributed by atoms with Gasteiger partial charge >= 0.3 is 0 Å². The smallest absolute Gasteiger partial charge is 0.251 e. The minimum atomic E-state index is -0.00862. The second-order valence-electron chi connectivity index (χ2n) is 2.87. The summed E-state index contributed by atoms with van der Waals surface area (Å²) < 4.78 is 0. The fourth-order valence-electron chi connectivity index (χ4n) is 1.30. The zero-order valence-corrected chi connectivity index (χ0v) is 6.97. The van der Waals surface area contributed by atoms with Crippen molar-refractivity contribution in [2.24, 2.45) is 0 Å². The number of anilines is 1. The number of aromatic hydroxyl groups is 1. The number of phenolic OH excluding ortho intramolecular Hbond substituents is 1. The number of amides is 1. The third-order valence-electron chi connectivity index (χ3n) is 1.98. The van der Waals surface area contributed by atoms with Gasteiger partial charge in [0.2, 0.25) is 0 Å². The van der Waals surface area contributed by atoms with Gasteiger partial charge in [0.1, 0.15) is 5.75 Å². The Kier molecular flexibility index (Phi) is 1.77. The number of carbonyl (C=O) groups excluding carboxylic acids is 1. The molecule has 0 saturated heterocycles. The Morgan fingerprint density at radius 2 is 1.92 bits per heavy atom. The van der Waals surface area contributed by atoms with Gasteiger partial charge in [-0.2, -0.15) is 0 Å². The van der Waals surface area contributed by atoms with Crippen LogP contribution in [0.1, 0.15) is 0 Å². The Bertz CT molecular complexity index is 354. The van der Waals surface area contributed by atoms with Crippen LogP contribution < -0.4 is 4.90 Å². The highest BCUT2D eigenvalue weighted by Crippen LogP contribution is 2.20. The maximum absolute atomic E-state index is 11.2. The van der Waals surface area contributed by atoms with Crippen molar-refractivity contribution >= 4 is 11.6 Å². The first-order valence-electron chi connectivity index (χ1n) is 4.04. The molecule has 1 amide bonds. The van der Waals surface area contributed by atoms with Gasteiger partial charge < -0.3 is 10.0 Å². The lowest BCUT2D eigenvalue weighted by atomic mass is 10.3. The van der Waals surface area contributed by atoms with Crippen LogP contribution in [-0.4, -0.2) is 17.6 Å². The van der Waals surface area contributed by atoms with Crippen molar-refractivity contribution in [2.75, 3.05) is 11.4 Å². The lowest BCUT2D eigenvalue weighted by Gasteiger charge is -2.15. The molecule has 0 saturated carbocycles. The molecule has 1 heterocycles. The van der Waals surface area contributed by atoms with Gasteiger partial charge in [-0.05, 0) is 24.3 Å². The summed E-state index contributed by atoms with van der Waals surface area (Å²) in [7, 11) is 0. The van der Waals surface area contributed by atoms with Crippen LogP contribution in [-0.2, 0) is 4.79 Å². The number of carbonyl (C=O) groups is 1. The number of phenols is 1. The van der Waals surface area contributed by atoms with E-state index in [1.54, 1.807) is 35.2 Å². The SMILES string of the molecule is O=C1C=CCN1c1ccc(O)cc1. The fourth-order valence-corrected chi connectivity index (χ4v) is 1.30. The standard InChI is InChI=1S/C10H9NO2/c12-9-5-3-8(4-6-9)11-7-1-2-10(11)13/h1-6,12H,7H2. The monoisotopic (exact) mass is 175 g/mol. The predicted octanol–water partition coefficient (Wildman–Crippen LogP) is 1.29. The maximum atomic E-state index is 11.2. The summed E-state index contributed by atoms with van der Waals surface area (Å²) in [4.78, 5) is 12.9. The highest BCUT2D eigenvalue weighted by atomic mass is 16.3. The van der Waals surface area contributed by atoms with Crippen molar-refractivity contribution in [3.63, 3.8) is 0 Å². The van der Waals surface area contributed by atoms with Crippen molar-refractivity contribution in [1.29, 1.82) is 0 Å². The third-order valence-corrected chi connectivity index (χ3v) is 1.98. The third kappa shape index (κ3) is 1.40. The summed E-state index contributed by atoms with van der Waals surface area (Å²) >= 11 is 0. The van der Waals surface area contributed by atoms with Gasteiger partial charge in [-0.3, -0.25) is 4.79 Å². The zero-order chi connectivity index (χ0) is 9.26. The van der Waals surface area contributed by atoms with Crippen LogP contribution in [0.15, 0.2) is 36.4 Å². The van der Waals surface area contributed by atoms with E-state index in [1.165, 1.54) is 0 Å². The largest absolute Gasteiger partial charge is 0.508 e. The summed E-state index contributed by atoms with van der Waals surface area (Å²) in [6.07, 6.45) is 3.36. The first-order valence-corrected chi connectivity index (χ1v) is 4.04. The summed E-state index contributed by atoms with van der Waals surface area (Å²) in [6.45, 7) is 0.615. The molecule has 0 atom stereocenters. The van der Waals surface area contributed by atoms with Gasteiger partial charge in [0, 0.05) is 18.3 Å². The van der Waals surface area contributed by atoms with Gasteiger partial charge in [-0.25, -0.2) is 0 Å². The fraction of sp³-hybridized carbons (Fsp3) is 0.100. The number of hydrogen-bond donors (Lipinski definition) is 1. The Balaban J connectivity index is 2.26. The second-order valence-corrected chi connectivity index (χ2v) is 2.87. The molecule has 3 heteroatoms. The minimum Gasteiger partial charge on any atom is -0.508 e. The van der Waals surface area contributed by atoms with E-state index in [9.17, 15) is 4.79 Å². The van der Waals surface area contributed by atoms with Crippen molar-refractivity contribution in [3.05, 3.63) is 36.4 Å². The van der Waals surface area contributed by atoms with Gasteiger partial charge in [0.25, 0.3) is 5.91 Å². The van der Waals surface area contributed by atoms with Crippen molar-refractivity contribution in [2.45, 2.75) is 0 Å². The summed E-state index contributed by atoms with van der Waals surface area (Å²) in [5.41, 5.74) is 0.813. The molecule has 1 aromatic rings. The Labute approximate surface area is 75.9 Å². The molecule has 0 fully saturated rings. The lowest BCUT2D eigenvalue weighted by Crippen LogP contribution is -2.24. The highest BCUT2D eigenvalue weighted by Gasteiger charge is 2.15. The molecule has 13 heavy (non-hydrogen) atoms. The van der Waals surface area contributed by atoms with E-state index in [0.717, 1.165) is 5.69 Å². The van der Waals surface area contributed by atoms with Crippen molar-refractivity contribution < 1.29 is 9.90 Å². The van der Waals surface area contributed by atoms with E-state index in [4.69, 9.17) is 5.11 Å². The minimum absolute atomic E-state index is 0.00862. The molecule has 3 nitrogen and oxygen atoms in total. The number of benzene rings is 1. The average molecular weight is 175 g/mol. The Hall–Kier alpha value is -1.77. The van der Waals surface area contributed by atoms with Gasteiger partial charge in [-0.15, -0.1) is 0 Å². The zero-order valence-electron chi connectivity index (χ0n) is 6.97. The van der Waals surface area contributed by atoms with Gasteiger partial charge in [0.05, 0.1) is 0 Å².